The number of anilines is 1. The van der Waals surface area contributed by atoms with Crippen molar-refractivity contribution in [2.75, 3.05) is 18.0 Å². The van der Waals surface area contributed by atoms with Gasteiger partial charge in [0.05, 0.1) is 0 Å². The molecule has 224 valence electrons. The fraction of sp³-hybridized carbons (Fsp3) is 0.162. The lowest BCUT2D eigenvalue weighted by molar-refractivity contribution is -0.539. The largest absolute Gasteiger partial charge is 0.508 e. The van der Waals surface area contributed by atoms with Crippen LogP contribution in [-0.2, 0) is 23.2 Å². The first-order valence-corrected chi connectivity index (χ1v) is 16.2. The second-order valence-electron chi connectivity index (χ2n) is 10.6. The smallest absolute Gasteiger partial charge is 0.295 e. The second kappa shape index (κ2) is 13.7. The van der Waals surface area contributed by atoms with Crippen LogP contribution in [0.3, 0.4) is 0 Å². The highest BCUT2D eigenvalue weighted by molar-refractivity contribution is 7.86. The molecular formula is C37H37N2O4S+. The Bertz CT molecular complexity index is 1820. The van der Waals surface area contributed by atoms with E-state index in [9.17, 15) is 18.1 Å². The molecule has 0 saturated carbocycles. The molecule has 4 aromatic rings. The molecular weight excluding hydrogens is 568 g/mol. The molecule has 0 amide bonds. The number of benzene rings is 4. The van der Waals surface area contributed by atoms with E-state index >= 15 is 0 Å². The molecule has 5 rings (SSSR count). The van der Waals surface area contributed by atoms with Crippen LogP contribution in [0.2, 0.25) is 0 Å². The molecule has 0 atom stereocenters. The van der Waals surface area contributed by atoms with Gasteiger partial charge in [-0.25, -0.2) is 4.58 Å². The predicted octanol–water partition coefficient (Wildman–Crippen LogP) is 7.27. The molecule has 2 N–H and O–H groups in total. The summed E-state index contributed by atoms with van der Waals surface area (Å²) in [6.07, 6.45) is 7.95. The van der Waals surface area contributed by atoms with Crippen LogP contribution in [0.15, 0.2) is 138 Å². The van der Waals surface area contributed by atoms with Gasteiger partial charge >= 0.3 is 0 Å². The van der Waals surface area contributed by atoms with E-state index in [4.69, 9.17) is 0 Å². The summed E-state index contributed by atoms with van der Waals surface area (Å²) < 4.78 is 37.4. The number of phenols is 1. The van der Waals surface area contributed by atoms with E-state index in [1.807, 2.05) is 85.0 Å². The van der Waals surface area contributed by atoms with Crippen LogP contribution in [0.4, 0.5) is 5.69 Å². The highest BCUT2D eigenvalue weighted by Crippen LogP contribution is 2.36. The molecule has 0 heterocycles. The van der Waals surface area contributed by atoms with Crippen LogP contribution >= 0.6 is 0 Å². The molecule has 0 fully saturated rings. The lowest BCUT2D eigenvalue weighted by Crippen LogP contribution is -2.21. The van der Waals surface area contributed by atoms with Gasteiger partial charge in [-0.1, -0.05) is 72.8 Å². The molecule has 0 spiro atoms. The zero-order chi connectivity index (χ0) is 31.1. The molecule has 0 aromatic heterocycles. The molecule has 44 heavy (non-hydrogen) atoms. The van der Waals surface area contributed by atoms with Crippen molar-refractivity contribution in [1.29, 1.82) is 0 Å². The third kappa shape index (κ3) is 7.25. The average molecular weight is 606 g/mol. The fourth-order valence-corrected chi connectivity index (χ4v) is 6.15. The Labute approximate surface area is 260 Å². The van der Waals surface area contributed by atoms with Gasteiger partial charge in [0, 0.05) is 42.1 Å². The fourth-order valence-electron chi connectivity index (χ4n) is 5.47. The SMILES string of the molecule is CCN(Cc1ccccc1)c1ccc(C(=C2C=CC(=[N+](CC)Cc3ccccc3)C=C2)c2cc(O)ccc2S(=O)(=O)O)cc1. The minimum absolute atomic E-state index is 0.0989. The van der Waals surface area contributed by atoms with Gasteiger partial charge in [0.25, 0.3) is 10.1 Å². The van der Waals surface area contributed by atoms with E-state index in [-0.39, 0.29) is 16.2 Å². The Kier molecular flexibility index (Phi) is 9.58. The van der Waals surface area contributed by atoms with E-state index < -0.39 is 10.1 Å². The number of phenolic OH excluding ortho intramolecular Hbond substituents is 1. The van der Waals surface area contributed by atoms with Gasteiger partial charge in [0.2, 0.25) is 0 Å². The molecule has 0 radical (unpaired) electrons. The Morgan fingerprint density at radius 2 is 1.39 bits per heavy atom. The first kappa shape index (κ1) is 30.7. The number of hydrogen-bond acceptors (Lipinski definition) is 4. The van der Waals surface area contributed by atoms with Gasteiger partial charge in [0.1, 0.15) is 17.2 Å². The highest BCUT2D eigenvalue weighted by Gasteiger charge is 2.23. The van der Waals surface area contributed by atoms with Crippen molar-refractivity contribution >= 4 is 27.1 Å². The van der Waals surface area contributed by atoms with Gasteiger partial charge in [-0.15, -0.1) is 0 Å². The molecule has 7 heteroatoms. The number of hydrogen-bond donors (Lipinski definition) is 2. The van der Waals surface area contributed by atoms with Crippen molar-refractivity contribution in [3.05, 3.63) is 155 Å². The summed E-state index contributed by atoms with van der Waals surface area (Å²) in [5.41, 5.74) is 6.78. The molecule has 1 aliphatic carbocycles. The molecule has 0 bridgehead atoms. The molecule has 0 saturated heterocycles. The monoisotopic (exact) mass is 605 g/mol. The van der Waals surface area contributed by atoms with Crippen molar-refractivity contribution in [2.24, 2.45) is 0 Å². The predicted molar refractivity (Wildman–Crippen MR) is 178 cm³/mol. The molecule has 6 nitrogen and oxygen atoms in total. The van der Waals surface area contributed by atoms with E-state index in [0.717, 1.165) is 48.7 Å². The van der Waals surface area contributed by atoms with Gasteiger partial charge in [0.15, 0.2) is 12.3 Å². The van der Waals surface area contributed by atoms with Crippen LogP contribution in [0.25, 0.3) is 5.57 Å². The Balaban J connectivity index is 1.59. The van der Waals surface area contributed by atoms with Crippen molar-refractivity contribution in [1.82, 2.24) is 0 Å². The topological polar surface area (TPSA) is 80.8 Å². The van der Waals surface area contributed by atoms with Crippen LogP contribution in [0.1, 0.15) is 36.1 Å². The maximum Gasteiger partial charge on any atom is 0.295 e. The molecule has 4 aromatic carbocycles. The maximum absolute atomic E-state index is 12.5. The van der Waals surface area contributed by atoms with Gasteiger partial charge < -0.3 is 10.0 Å². The van der Waals surface area contributed by atoms with Crippen molar-refractivity contribution in [2.45, 2.75) is 31.8 Å². The minimum Gasteiger partial charge on any atom is -0.508 e. The summed E-state index contributed by atoms with van der Waals surface area (Å²) in [6, 6.07) is 32.4. The summed E-state index contributed by atoms with van der Waals surface area (Å²) in [6.45, 7) is 7.35. The Morgan fingerprint density at radius 3 is 1.95 bits per heavy atom. The molecule has 1 aliphatic rings. The van der Waals surface area contributed by atoms with Gasteiger partial charge in [-0.2, -0.15) is 8.42 Å². The third-order valence-electron chi connectivity index (χ3n) is 7.75. The van der Waals surface area contributed by atoms with Crippen LogP contribution in [0.5, 0.6) is 5.75 Å². The van der Waals surface area contributed by atoms with Gasteiger partial charge in [-0.3, -0.25) is 4.55 Å². The quantitative estimate of drug-likeness (QED) is 0.147. The van der Waals surface area contributed by atoms with Crippen LogP contribution in [0, 0.1) is 0 Å². The number of rotatable bonds is 10. The summed E-state index contributed by atoms with van der Waals surface area (Å²) in [5.74, 6) is -0.0989. The average Bonchev–Trinajstić information content (AvgIpc) is 3.04. The van der Waals surface area contributed by atoms with Gasteiger partial charge in [-0.05, 0) is 78.6 Å². The number of aromatic hydroxyl groups is 1. The standard InChI is InChI=1S/C37H36N2O4S/c1-3-38(26-28-11-7-5-8-12-28)32-19-15-30(16-20-32)37(35-25-34(40)23-24-36(35)44(41,42)43)31-17-21-33(22-18-31)39(4-2)27-29-13-9-6-10-14-29/h5-25H,3-4,26-27H2,1-2H3,(H-,40,41,42,43)/p+1. The Morgan fingerprint density at radius 1 is 0.773 bits per heavy atom. The second-order valence-corrected chi connectivity index (χ2v) is 12.0. The first-order valence-electron chi connectivity index (χ1n) is 14.7. The van der Waals surface area contributed by atoms with Crippen molar-refractivity contribution in [3.8, 4) is 5.75 Å². The van der Waals surface area contributed by atoms with Crippen molar-refractivity contribution in [3.63, 3.8) is 0 Å². The summed E-state index contributed by atoms with van der Waals surface area (Å²) in [5, 5.41) is 10.4. The third-order valence-corrected chi connectivity index (χ3v) is 8.66. The van der Waals surface area contributed by atoms with E-state index in [2.05, 4.69) is 47.6 Å². The molecule has 0 aliphatic heterocycles. The summed E-state index contributed by atoms with van der Waals surface area (Å²) in [4.78, 5) is 1.99. The highest BCUT2D eigenvalue weighted by atomic mass is 32.2. The van der Waals surface area contributed by atoms with E-state index in [1.54, 1.807) is 0 Å². The van der Waals surface area contributed by atoms with Crippen molar-refractivity contribution < 1.29 is 22.7 Å². The zero-order valence-electron chi connectivity index (χ0n) is 25.0. The number of nitrogens with zero attached hydrogens (tertiary/aromatic N) is 2. The van der Waals surface area contributed by atoms with Crippen LogP contribution in [-0.4, -0.2) is 41.5 Å². The zero-order valence-corrected chi connectivity index (χ0v) is 25.8. The first-order chi connectivity index (χ1) is 21.3. The minimum atomic E-state index is -4.58. The normalized spacial score (nSPS) is 12.8. The number of allylic oxidation sites excluding steroid dienone is 5. The summed E-state index contributed by atoms with van der Waals surface area (Å²) >= 11 is 0. The van der Waals surface area contributed by atoms with E-state index in [0.29, 0.717) is 5.57 Å². The van der Waals surface area contributed by atoms with Crippen LogP contribution < -0.4 is 4.90 Å². The van der Waals surface area contributed by atoms with E-state index in [1.165, 1.54) is 29.3 Å². The molecule has 0 unspecified atom stereocenters. The summed E-state index contributed by atoms with van der Waals surface area (Å²) in [7, 11) is -4.58. The lowest BCUT2D eigenvalue weighted by atomic mass is 9.90. The lowest BCUT2D eigenvalue weighted by Gasteiger charge is -2.24. The Hall–Kier alpha value is -4.72. The maximum atomic E-state index is 12.5.